The van der Waals surface area contributed by atoms with Crippen LogP contribution in [0.1, 0.15) is 25.7 Å². The van der Waals surface area contributed by atoms with Crippen LogP contribution in [0.25, 0.3) is 0 Å². The van der Waals surface area contributed by atoms with Crippen molar-refractivity contribution in [3.8, 4) is 5.75 Å². The molecular formula is C15H20N2OS. The maximum absolute atomic E-state index is 5.64. The van der Waals surface area contributed by atoms with Crippen LogP contribution in [0.3, 0.4) is 0 Å². The summed E-state index contributed by atoms with van der Waals surface area (Å²) < 4.78 is 5.64. The van der Waals surface area contributed by atoms with Crippen LogP contribution in [0.4, 0.5) is 0 Å². The van der Waals surface area contributed by atoms with Crippen molar-refractivity contribution in [2.75, 3.05) is 18.9 Å². The average molecular weight is 276 g/mol. The van der Waals surface area contributed by atoms with Crippen LogP contribution in [0, 0.1) is 0 Å². The number of ether oxygens (including phenoxy) is 1. The van der Waals surface area contributed by atoms with E-state index in [1.165, 1.54) is 31.4 Å². The van der Waals surface area contributed by atoms with Crippen molar-refractivity contribution in [2.45, 2.75) is 31.2 Å². The van der Waals surface area contributed by atoms with E-state index in [4.69, 9.17) is 4.74 Å². The highest BCUT2D eigenvalue weighted by Gasteiger charge is 2.39. The van der Waals surface area contributed by atoms with Crippen LogP contribution < -0.4 is 10.1 Å². The van der Waals surface area contributed by atoms with Crippen LogP contribution in [0.15, 0.2) is 35.3 Å². The van der Waals surface area contributed by atoms with Gasteiger partial charge in [-0.1, -0.05) is 42.8 Å². The summed E-state index contributed by atoms with van der Waals surface area (Å²) in [6.07, 6.45) is 5.33. The van der Waals surface area contributed by atoms with Gasteiger partial charge in [-0.05, 0) is 25.0 Å². The van der Waals surface area contributed by atoms with Crippen LogP contribution >= 0.6 is 11.8 Å². The van der Waals surface area contributed by atoms with Crippen molar-refractivity contribution >= 4 is 16.9 Å². The van der Waals surface area contributed by atoms with E-state index in [1.54, 1.807) is 0 Å². The van der Waals surface area contributed by atoms with Gasteiger partial charge in [0.15, 0.2) is 5.17 Å². The molecule has 1 saturated heterocycles. The number of benzene rings is 1. The van der Waals surface area contributed by atoms with Crippen LogP contribution in [0.2, 0.25) is 0 Å². The van der Waals surface area contributed by atoms with E-state index in [0.29, 0.717) is 12.1 Å². The molecule has 3 nitrogen and oxygen atoms in total. The number of thioether (sulfide) groups is 1. The van der Waals surface area contributed by atoms with E-state index in [2.05, 4.69) is 10.3 Å². The maximum atomic E-state index is 5.64. The third-order valence-corrected chi connectivity index (χ3v) is 4.98. The second-order valence-corrected chi connectivity index (χ2v) is 6.21. The maximum Gasteiger partial charge on any atom is 0.157 e. The molecule has 2 fully saturated rings. The first-order valence-electron chi connectivity index (χ1n) is 7.00. The Morgan fingerprint density at radius 1 is 1.21 bits per heavy atom. The van der Waals surface area contributed by atoms with Crippen molar-refractivity contribution in [3.63, 3.8) is 0 Å². The van der Waals surface area contributed by atoms with E-state index in [-0.39, 0.29) is 0 Å². The molecule has 1 heterocycles. The Hall–Kier alpha value is -1.16. The van der Waals surface area contributed by atoms with Gasteiger partial charge in [0.1, 0.15) is 12.4 Å². The highest BCUT2D eigenvalue weighted by Crippen LogP contribution is 2.37. The number of hydrogen-bond donors (Lipinski definition) is 1. The molecule has 1 saturated carbocycles. The molecule has 3 rings (SSSR count). The normalized spacial score (nSPS) is 22.8. The lowest BCUT2D eigenvalue weighted by Crippen LogP contribution is -2.40. The fourth-order valence-corrected chi connectivity index (χ4v) is 3.98. The van der Waals surface area contributed by atoms with Gasteiger partial charge in [-0.3, -0.25) is 4.99 Å². The number of amidine groups is 1. The van der Waals surface area contributed by atoms with E-state index in [1.807, 2.05) is 42.1 Å². The zero-order valence-corrected chi connectivity index (χ0v) is 11.9. The molecule has 102 valence electrons. The molecule has 1 aliphatic carbocycles. The largest absolute Gasteiger partial charge is 0.492 e. The number of nitrogens with one attached hydrogen (secondary N) is 1. The topological polar surface area (TPSA) is 33.6 Å². The first-order chi connectivity index (χ1) is 9.36. The minimum atomic E-state index is 0.365. The summed E-state index contributed by atoms with van der Waals surface area (Å²) in [5.41, 5.74) is 0.365. The van der Waals surface area contributed by atoms with Crippen molar-refractivity contribution in [2.24, 2.45) is 4.99 Å². The molecule has 0 unspecified atom stereocenters. The Balaban J connectivity index is 1.43. The predicted octanol–water partition coefficient (Wildman–Crippen LogP) is 3.07. The van der Waals surface area contributed by atoms with Gasteiger partial charge < -0.3 is 10.1 Å². The van der Waals surface area contributed by atoms with Gasteiger partial charge in [-0.25, -0.2) is 0 Å². The van der Waals surface area contributed by atoms with Gasteiger partial charge in [0.25, 0.3) is 0 Å². The Labute approximate surface area is 118 Å². The number of nitrogens with zero attached hydrogens (tertiary/aromatic N) is 1. The molecule has 0 aromatic heterocycles. The quantitative estimate of drug-likeness (QED) is 0.858. The molecule has 0 atom stereocenters. The summed E-state index contributed by atoms with van der Waals surface area (Å²) >= 11 is 1.87. The van der Waals surface area contributed by atoms with Gasteiger partial charge >= 0.3 is 0 Å². The third-order valence-electron chi connectivity index (χ3n) is 3.78. The zero-order chi connectivity index (χ0) is 13.0. The number of aliphatic imine (C=N–C) groups is 1. The van der Waals surface area contributed by atoms with Crippen molar-refractivity contribution < 1.29 is 4.74 Å². The van der Waals surface area contributed by atoms with Crippen LogP contribution in [-0.4, -0.2) is 29.6 Å². The summed E-state index contributed by atoms with van der Waals surface area (Å²) in [4.78, 5) is 4.60. The molecule has 0 bridgehead atoms. The average Bonchev–Trinajstić information content (AvgIpc) is 3.07. The summed E-state index contributed by atoms with van der Waals surface area (Å²) in [5, 5.41) is 4.73. The van der Waals surface area contributed by atoms with Crippen molar-refractivity contribution in [1.29, 1.82) is 0 Å². The van der Waals surface area contributed by atoms with Crippen molar-refractivity contribution in [3.05, 3.63) is 30.3 Å². The Bertz CT molecular complexity index is 441. The molecule has 0 radical (unpaired) electrons. The van der Waals surface area contributed by atoms with Crippen LogP contribution in [-0.2, 0) is 0 Å². The monoisotopic (exact) mass is 276 g/mol. The summed E-state index contributed by atoms with van der Waals surface area (Å²) in [6.45, 7) is 1.36. The first kappa shape index (κ1) is 12.9. The third kappa shape index (κ3) is 3.24. The number of para-hydroxylation sites is 1. The number of rotatable bonds is 4. The highest BCUT2D eigenvalue weighted by molar-refractivity contribution is 8.14. The molecule has 19 heavy (non-hydrogen) atoms. The lowest BCUT2D eigenvalue weighted by molar-refractivity contribution is 0.328. The van der Waals surface area contributed by atoms with E-state index < -0.39 is 0 Å². The molecule has 1 aliphatic heterocycles. The second kappa shape index (κ2) is 5.87. The predicted molar refractivity (Wildman–Crippen MR) is 81.0 cm³/mol. The molecule has 1 N–H and O–H groups in total. The molecule has 1 aromatic rings. The van der Waals surface area contributed by atoms with Gasteiger partial charge in [0, 0.05) is 11.3 Å². The lowest BCUT2D eigenvalue weighted by atomic mass is 10.0. The smallest absolute Gasteiger partial charge is 0.157 e. The number of hydrogen-bond acceptors (Lipinski definition) is 3. The summed E-state index contributed by atoms with van der Waals surface area (Å²) in [6, 6.07) is 9.92. The minimum absolute atomic E-state index is 0.365. The van der Waals surface area contributed by atoms with Crippen LogP contribution in [0.5, 0.6) is 5.75 Å². The Morgan fingerprint density at radius 3 is 2.79 bits per heavy atom. The molecule has 4 heteroatoms. The molecular weight excluding hydrogens is 256 g/mol. The van der Waals surface area contributed by atoms with Gasteiger partial charge in [-0.2, -0.15) is 0 Å². The van der Waals surface area contributed by atoms with Gasteiger partial charge in [-0.15, -0.1) is 0 Å². The standard InChI is InChI=1S/C15H20N2OS/c1-2-6-13(7-3-1)18-11-10-16-14-17-15(12-19-14)8-4-5-9-15/h1-3,6-7H,4-5,8-12H2,(H,16,17). The highest BCUT2D eigenvalue weighted by atomic mass is 32.2. The minimum Gasteiger partial charge on any atom is -0.492 e. The van der Waals surface area contributed by atoms with E-state index in [9.17, 15) is 0 Å². The molecule has 1 aromatic carbocycles. The molecule has 1 spiro atoms. The fraction of sp³-hybridized carbons (Fsp3) is 0.533. The Morgan fingerprint density at radius 2 is 2.00 bits per heavy atom. The fourth-order valence-electron chi connectivity index (χ4n) is 2.74. The zero-order valence-electron chi connectivity index (χ0n) is 11.1. The summed E-state index contributed by atoms with van der Waals surface area (Å²) in [5.74, 6) is 2.10. The van der Waals surface area contributed by atoms with Gasteiger partial charge in [0.2, 0.25) is 0 Å². The molecule has 0 amide bonds. The SMILES string of the molecule is c1ccc(OCCN=C2NC3(CCCC3)CS2)cc1. The lowest BCUT2D eigenvalue weighted by Gasteiger charge is -2.21. The van der Waals surface area contributed by atoms with E-state index >= 15 is 0 Å². The Kier molecular flexibility index (Phi) is 3.97. The van der Waals surface area contributed by atoms with Crippen molar-refractivity contribution in [1.82, 2.24) is 5.32 Å². The van der Waals surface area contributed by atoms with E-state index in [0.717, 1.165) is 17.5 Å². The molecule has 2 aliphatic rings. The van der Waals surface area contributed by atoms with Gasteiger partial charge in [0.05, 0.1) is 6.54 Å². The second-order valence-electron chi connectivity index (χ2n) is 5.25. The summed E-state index contributed by atoms with van der Waals surface area (Å²) in [7, 11) is 0. The first-order valence-corrected chi connectivity index (χ1v) is 7.98.